The van der Waals surface area contributed by atoms with Crippen molar-refractivity contribution in [3.05, 3.63) is 22.7 Å². The lowest BCUT2D eigenvalue weighted by atomic mass is 10.1. The van der Waals surface area contributed by atoms with Gasteiger partial charge in [0.2, 0.25) is 0 Å². The van der Waals surface area contributed by atoms with Gasteiger partial charge in [-0.25, -0.2) is 4.79 Å². The number of rotatable bonds is 4. The predicted molar refractivity (Wildman–Crippen MR) is 61.3 cm³/mol. The summed E-state index contributed by atoms with van der Waals surface area (Å²) in [6.07, 6.45) is -1.57. The standard InChI is InChI=1S/C11H13ClO5/c1-3-17-11(15)10(14)6-4-7(12)9(16-2)5-8(6)13/h4-5,10,13-14H,3H2,1-2H3. The van der Waals surface area contributed by atoms with Gasteiger partial charge in [0, 0.05) is 11.6 Å². The maximum atomic E-state index is 11.3. The number of phenols is 1. The minimum Gasteiger partial charge on any atom is -0.507 e. The number of hydrogen-bond donors (Lipinski definition) is 2. The second kappa shape index (κ2) is 5.75. The van der Waals surface area contributed by atoms with Gasteiger partial charge < -0.3 is 19.7 Å². The van der Waals surface area contributed by atoms with Crippen molar-refractivity contribution in [1.82, 2.24) is 0 Å². The van der Waals surface area contributed by atoms with E-state index in [0.29, 0.717) is 0 Å². The van der Waals surface area contributed by atoms with E-state index in [1.807, 2.05) is 0 Å². The van der Waals surface area contributed by atoms with Crippen molar-refractivity contribution in [1.29, 1.82) is 0 Å². The third-order valence-corrected chi connectivity index (χ3v) is 2.40. The normalized spacial score (nSPS) is 12.0. The van der Waals surface area contributed by atoms with Crippen LogP contribution in [0.3, 0.4) is 0 Å². The molecule has 0 aromatic heterocycles. The van der Waals surface area contributed by atoms with Gasteiger partial charge in [0.1, 0.15) is 11.5 Å². The predicted octanol–water partition coefficient (Wildman–Crippen LogP) is 1.65. The van der Waals surface area contributed by atoms with E-state index < -0.39 is 12.1 Å². The fourth-order valence-corrected chi connectivity index (χ4v) is 1.53. The molecule has 0 aliphatic carbocycles. The van der Waals surface area contributed by atoms with Gasteiger partial charge >= 0.3 is 5.97 Å². The number of phenolic OH excluding ortho intramolecular Hbond substituents is 1. The molecule has 1 atom stereocenters. The van der Waals surface area contributed by atoms with E-state index in [1.165, 1.54) is 19.2 Å². The molecule has 0 radical (unpaired) electrons. The van der Waals surface area contributed by atoms with Crippen LogP contribution in [0.15, 0.2) is 12.1 Å². The Morgan fingerprint density at radius 2 is 2.18 bits per heavy atom. The van der Waals surface area contributed by atoms with Crippen LogP contribution in [0.25, 0.3) is 0 Å². The van der Waals surface area contributed by atoms with Crippen molar-refractivity contribution < 1.29 is 24.5 Å². The average molecular weight is 261 g/mol. The number of halogens is 1. The highest BCUT2D eigenvalue weighted by Crippen LogP contribution is 2.35. The van der Waals surface area contributed by atoms with Gasteiger partial charge in [-0.15, -0.1) is 0 Å². The van der Waals surface area contributed by atoms with Crippen LogP contribution in [0.5, 0.6) is 11.5 Å². The molecule has 0 bridgehead atoms. The average Bonchev–Trinajstić information content (AvgIpc) is 2.31. The maximum absolute atomic E-state index is 11.3. The Hall–Kier alpha value is -1.46. The lowest BCUT2D eigenvalue weighted by Gasteiger charge is -2.13. The van der Waals surface area contributed by atoms with Gasteiger partial charge in [-0.1, -0.05) is 11.6 Å². The molecule has 0 saturated heterocycles. The molecule has 0 aliphatic rings. The lowest BCUT2D eigenvalue weighted by molar-refractivity contribution is -0.153. The van der Waals surface area contributed by atoms with E-state index in [9.17, 15) is 15.0 Å². The molecular formula is C11H13ClO5. The summed E-state index contributed by atoms with van der Waals surface area (Å²) >= 11 is 5.83. The van der Waals surface area contributed by atoms with Crippen LogP contribution in [-0.2, 0) is 9.53 Å². The molecule has 5 nitrogen and oxygen atoms in total. The van der Waals surface area contributed by atoms with Gasteiger partial charge in [0.05, 0.1) is 18.7 Å². The largest absolute Gasteiger partial charge is 0.507 e. The number of methoxy groups -OCH3 is 1. The van der Waals surface area contributed by atoms with Gasteiger partial charge in [0.25, 0.3) is 0 Å². The van der Waals surface area contributed by atoms with E-state index in [4.69, 9.17) is 16.3 Å². The molecule has 6 heteroatoms. The zero-order chi connectivity index (χ0) is 13.0. The molecule has 1 aromatic rings. The number of aliphatic hydroxyl groups excluding tert-OH is 1. The number of carbonyl (C=O) groups excluding carboxylic acids is 1. The molecule has 0 aliphatic heterocycles. The number of esters is 1. The zero-order valence-electron chi connectivity index (χ0n) is 9.44. The quantitative estimate of drug-likeness (QED) is 0.805. The van der Waals surface area contributed by atoms with E-state index in [-0.39, 0.29) is 28.7 Å². The number of aromatic hydroxyl groups is 1. The van der Waals surface area contributed by atoms with Crippen LogP contribution in [-0.4, -0.2) is 29.9 Å². The number of hydrogen-bond acceptors (Lipinski definition) is 5. The minimum atomic E-state index is -1.57. The zero-order valence-corrected chi connectivity index (χ0v) is 10.2. The first-order chi connectivity index (χ1) is 8.01. The Bertz CT molecular complexity index is 419. The third kappa shape index (κ3) is 3.01. The van der Waals surface area contributed by atoms with Gasteiger partial charge in [-0.2, -0.15) is 0 Å². The molecule has 0 saturated carbocycles. The Morgan fingerprint density at radius 3 is 2.71 bits per heavy atom. The summed E-state index contributed by atoms with van der Waals surface area (Å²) in [5.41, 5.74) is -0.0192. The highest BCUT2D eigenvalue weighted by Gasteiger charge is 2.23. The van der Waals surface area contributed by atoms with E-state index in [0.717, 1.165) is 0 Å². The molecule has 1 unspecified atom stereocenters. The molecule has 0 fully saturated rings. The summed E-state index contributed by atoms with van der Waals surface area (Å²) in [6.45, 7) is 1.76. The first-order valence-electron chi connectivity index (χ1n) is 4.92. The molecule has 94 valence electrons. The van der Waals surface area contributed by atoms with E-state index in [1.54, 1.807) is 6.92 Å². The molecule has 0 amide bonds. The highest BCUT2D eigenvalue weighted by molar-refractivity contribution is 6.32. The summed E-state index contributed by atoms with van der Waals surface area (Å²) in [4.78, 5) is 11.3. The summed E-state index contributed by atoms with van der Waals surface area (Å²) < 4.78 is 9.51. The highest BCUT2D eigenvalue weighted by atomic mass is 35.5. The van der Waals surface area contributed by atoms with Crippen molar-refractivity contribution in [3.63, 3.8) is 0 Å². The van der Waals surface area contributed by atoms with Gasteiger partial charge in [-0.3, -0.25) is 0 Å². The summed E-state index contributed by atoms with van der Waals surface area (Å²) in [5.74, 6) is -0.875. The van der Waals surface area contributed by atoms with Crippen molar-refractivity contribution in [2.45, 2.75) is 13.0 Å². The Kier molecular flexibility index (Phi) is 4.60. The topological polar surface area (TPSA) is 76.0 Å². The number of aliphatic hydroxyl groups is 1. The second-order valence-electron chi connectivity index (χ2n) is 3.20. The molecule has 17 heavy (non-hydrogen) atoms. The fraction of sp³-hybridized carbons (Fsp3) is 0.364. The summed E-state index contributed by atoms with van der Waals surface area (Å²) in [7, 11) is 1.39. The fourth-order valence-electron chi connectivity index (χ4n) is 1.28. The Labute approximate surface area is 104 Å². The van der Waals surface area contributed by atoms with Crippen molar-refractivity contribution in [2.75, 3.05) is 13.7 Å². The summed E-state index contributed by atoms with van der Waals surface area (Å²) in [5, 5.41) is 19.5. The summed E-state index contributed by atoms with van der Waals surface area (Å²) in [6, 6.07) is 2.48. The molecule has 1 aromatic carbocycles. The van der Waals surface area contributed by atoms with Gasteiger partial charge in [0.15, 0.2) is 6.10 Å². The van der Waals surface area contributed by atoms with Crippen LogP contribution >= 0.6 is 11.6 Å². The Balaban J connectivity index is 3.06. The van der Waals surface area contributed by atoms with Crippen LogP contribution in [0.1, 0.15) is 18.6 Å². The molecule has 2 N–H and O–H groups in total. The van der Waals surface area contributed by atoms with Gasteiger partial charge in [-0.05, 0) is 13.0 Å². The van der Waals surface area contributed by atoms with E-state index in [2.05, 4.69) is 4.74 Å². The monoisotopic (exact) mass is 260 g/mol. The lowest BCUT2D eigenvalue weighted by Crippen LogP contribution is -2.15. The molecule has 0 spiro atoms. The van der Waals surface area contributed by atoms with Crippen molar-refractivity contribution in [3.8, 4) is 11.5 Å². The van der Waals surface area contributed by atoms with Crippen LogP contribution in [0.2, 0.25) is 5.02 Å². The van der Waals surface area contributed by atoms with Crippen molar-refractivity contribution in [2.24, 2.45) is 0 Å². The molecular weight excluding hydrogens is 248 g/mol. The smallest absolute Gasteiger partial charge is 0.339 e. The van der Waals surface area contributed by atoms with Crippen LogP contribution in [0.4, 0.5) is 0 Å². The van der Waals surface area contributed by atoms with E-state index >= 15 is 0 Å². The minimum absolute atomic E-state index is 0.0192. The first kappa shape index (κ1) is 13.6. The number of carbonyl (C=O) groups is 1. The number of benzene rings is 1. The third-order valence-electron chi connectivity index (χ3n) is 2.11. The van der Waals surface area contributed by atoms with Crippen LogP contribution < -0.4 is 4.74 Å². The van der Waals surface area contributed by atoms with Crippen molar-refractivity contribution >= 4 is 17.6 Å². The molecule has 1 rings (SSSR count). The Morgan fingerprint density at radius 1 is 1.53 bits per heavy atom. The second-order valence-corrected chi connectivity index (χ2v) is 3.61. The molecule has 0 heterocycles. The van der Waals surface area contributed by atoms with Crippen LogP contribution in [0, 0.1) is 0 Å². The first-order valence-corrected chi connectivity index (χ1v) is 5.30. The SMILES string of the molecule is CCOC(=O)C(O)c1cc(Cl)c(OC)cc1O. The maximum Gasteiger partial charge on any atom is 0.339 e. The number of ether oxygens (including phenoxy) is 2.